The molecule has 3 aromatic rings. The molecule has 0 radical (unpaired) electrons. The van der Waals surface area contributed by atoms with Gasteiger partial charge < -0.3 is 15.3 Å². The van der Waals surface area contributed by atoms with Crippen molar-refractivity contribution < 1.29 is 19.5 Å². The third-order valence-electron chi connectivity index (χ3n) is 5.42. The number of pyridine rings is 1. The van der Waals surface area contributed by atoms with Gasteiger partial charge in [-0.1, -0.05) is 24.3 Å². The fraction of sp³-hybridized carbons (Fsp3) is 0.192. The highest BCUT2D eigenvalue weighted by atomic mass is 16.5. The first kappa shape index (κ1) is 22.1. The number of nitrogens with one attached hydrogen (secondary N) is 1. The molecule has 0 aliphatic carbocycles. The maximum atomic E-state index is 13.1. The smallest absolute Gasteiger partial charge is 0.279 e. The monoisotopic (exact) mass is 443 g/mol. The van der Waals surface area contributed by atoms with Crippen molar-refractivity contribution in [1.82, 2.24) is 10.0 Å². The quantitative estimate of drug-likeness (QED) is 0.365. The molecule has 33 heavy (non-hydrogen) atoms. The van der Waals surface area contributed by atoms with E-state index in [0.29, 0.717) is 17.0 Å². The van der Waals surface area contributed by atoms with Crippen LogP contribution in [0.3, 0.4) is 0 Å². The number of carbonyl (C=O) groups excluding carboxylic acids is 2. The molecule has 168 valence electrons. The maximum Gasteiger partial charge on any atom is 0.279 e. The lowest BCUT2D eigenvalue weighted by Gasteiger charge is -2.35. The maximum absolute atomic E-state index is 13.1. The Morgan fingerprint density at radius 1 is 1.09 bits per heavy atom. The zero-order chi connectivity index (χ0) is 23.6. The van der Waals surface area contributed by atoms with Gasteiger partial charge in [0.25, 0.3) is 5.91 Å². The number of ether oxygens (including phenoxy) is 1. The van der Waals surface area contributed by atoms with Gasteiger partial charge in [-0.05, 0) is 62.2 Å². The SMILES string of the molecule is COc1ccc2c(c1)/C(=C/C(=O)c1cccc(C(=O)N=c3ccccn3O)c1)NC(C)(C)C2. The van der Waals surface area contributed by atoms with Gasteiger partial charge in [0.15, 0.2) is 11.3 Å². The highest BCUT2D eigenvalue weighted by Gasteiger charge is 2.28. The molecule has 2 N–H and O–H groups in total. The van der Waals surface area contributed by atoms with E-state index < -0.39 is 5.91 Å². The van der Waals surface area contributed by atoms with Crippen LogP contribution >= 0.6 is 0 Å². The Labute approximate surface area is 191 Å². The van der Waals surface area contributed by atoms with Crippen molar-refractivity contribution in [2.24, 2.45) is 4.99 Å². The van der Waals surface area contributed by atoms with Crippen molar-refractivity contribution >= 4 is 17.4 Å². The van der Waals surface area contributed by atoms with Gasteiger partial charge in [0.2, 0.25) is 0 Å². The number of ketones is 1. The summed E-state index contributed by atoms with van der Waals surface area (Å²) in [5, 5.41) is 13.2. The number of aromatic nitrogens is 1. The Kier molecular flexibility index (Phi) is 5.87. The number of fused-ring (bicyclic) bond motifs is 1. The van der Waals surface area contributed by atoms with Crippen molar-refractivity contribution in [3.05, 3.63) is 101 Å². The van der Waals surface area contributed by atoms with Gasteiger partial charge in [0.1, 0.15) is 5.75 Å². The van der Waals surface area contributed by atoms with Gasteiger partial charge in [0, 0.05) is 40.2 Å². The van der Waals surface area contributed by atoms with Crippen molar-refractivity contribution in [3.63, 3.8) is 0 Å². The molecule has 0 fully saturated rings. The zero-order valence-corrected chi connectivity index (χ0v) is 18.7. The van der Waals surface area contributed by atoms with Crippen LogP contribution in [0.2, 0.25) is 0 Å². The molecular formula is C26H25N3O4. The summed E-state index contributed by atoms with van der Waals surface area (Å²) < 4.78 is 6.13. The number of nitrogens with zero attached hydrogens (tertiary/aromatic N) is 2. The Balaban J connectivity index is 1.68. The zero-order valence-electron chi connectivity index (χ0n) is 18.7. The number of rotatable bonds is 4. The second-order valence-electron chi connectivity index (χ2n) is 8.53. The van der Waals surface area contributed by atoms with Gasteiger partial charge in [-0.15, -0.1) is 0 Å². The number of methoxy groups -OCH3 is 1. The number of hydrogen-bond donors (Lipinski definition) is 2. The second-order valence-corrected chi connectivity index (χ2v) is 8.53. The molecule has 1 aromatic heterocycles. The average molecular weight is 444 g/mol. The van der Waals surface area contributed by atoms with E-state index in [2.05, 4.69) is 24.2 Å². The molecule has 0 saturated carbocycles. The summed E-state index contributed by atoms with van der Waals surface area (Å²) >= 11 is 0. The van der Waals surface area contributed by atoms with E-state index >= 15 is 0 Å². The topological polar surface area (TPSA) is 92.9 Å². The van der Waals surface area contributed by atoms with E-state index in [4.69, 9.17) is 4.74 Å². The molecule has 7 nitrogen and oxygen atoms in total. The average Bonchev–Trinajstić information content (AvgIpc) is 2.79. The van der Waals surface area contributed by atoms with Crippen LogP contribution in [0, 0.1) is 0 Å². The molecule has 1 aliphatic rings. The molecule has 0 atom stereocenters. The normalized spacial score (nSPS) is 16.1. The number of benzene rings is 2. The number of allylic oxidation sites excluding steroid dienone is 1. The van der Waals surface area contributed by atoms with Crippen LogP contribution in [0.4, 0.5) is 0 Å². The van der Waals surface area contributed by atoms with E-state index in [9.17, 15) is 14.8 Å². The van der Waals surface area contributed by atoms with Crippen LogP contribution in [-0.2, 0) is 6.42 Å². The molecule has 0 bridgehead atoms. The van der Waals surface area contributed by atoms with Crippen LogP contribution in [-0.4, -0.2) is 34.3 Å². The predicted molar refractivity (Wildman–Crippen MR) is 124 cm³/mol. The minimum absolute atomic E-state index is 0.0977. The van der Waals surface area contributed by atoms with Crippen LogP contribution in [0.1, 0.15) is 45.7 Å². The fourth-order valence-electron chi connectivity index (χ4n) is 3.86. The number of amides is 1. The molecule has 7 heteroatoms. The summed E-state index contributed by atoms with van der Waals surface area (Å²) in [6, 6.07) is 17.0. The van der Waals surface area contributed by atoms with Gasteiger partial charge in [0.05, 0.1) is 7.11 Å². The molecule has 0 spiro atoms. The molecular weight excluding hydrogens is 418 g/mol. The third kappa shape index (κ3) is 4.87. The predicted octanol–water partition coefficient (Wildman–Crippen LogP) is 3.62. The first-order valence-corrected chi connectivity index (χ1v) is 10.5. The molecule has 1 amide bonds. The van der Waals surface area contributed by atoms with Gasteiger partial charge in [-0.2, -0.15) is 9.72 Å². The lowest BCUT2D eigenvalue weighted by Crippen LogP contribution is -2.43. The second kappa shape index (κ2) is 8.78. The van der Waals surface area contributed by atoms with Gasteiger partial charge >= 0.3 is 0 Å². The molecule has 0 saturated heterocycles. The summed E-state index contributed by atoms with van der Waals surface area (Å²) in [6.45, 7) is 4.16. The number of carbonyl (C=O) groups is 2. The van der Waals surface area contributed by atoms with Gasteiger partial charge in [-0.25, -0.2) is 0 Å². The van der Waals surface area contributed by atoms with Crippen molar-refractivity contribution in [2.75, 3.05) is 7.11 Å². The summed E-state index contributed by atoms with van der Waals surface area (Å²) in [4.78, 5) is 29.7. The van der Waals surface area contributed by atoms with E-state index in [1.165, 1.54) is 18.3 Å². The lowest BCUT2D eigenvalue weighted by atomic mass is 9.85. The molecule has 2 aromatic carbocycles. The molecule has 4 rings (SSSR count). The standard InChI is InChI=1S/C26H25N3O4/c1-26(2)16-19-10-11-20(33-3)14-21(19)22(28-26)15-23(30)17-7-6-8-18(13-17)25(31)27-24-9-4-5-12-29(24)32/h4-15,28,32H,16H2,1-3H3/b22-15-,27-24?. The highest BCUT2D eigenvalue weighted by molar-refractivity contribution is 6.10. The summed E-state index contributed by atoms with van der Waals surface area (Å²) in [6.07, 6.45) is 3.75. The molecule has 0 unspecified atom stereocenters. The largest absolute Gasteiger partial charge is 0.497 e. The Morgan fingerprint density at radius 2 is 1.88 bits per heavy atom. The Bertz CT molecular complexity index is 1340. The van der Waals surface area contributed by atoms with E-state index in [1.54, 1.807) is 43.5 Å². The first-order valence-electron chi connectivity index (χ1n) is 10.5. The van der Waals surface area contributed by atoms with Crippen LogP contribution in [0.5, 0.6) is 5.75 Å². The third-order valence-corrected chi connectivity index (χ3v) is 5.42. The summed E-state index contributed by atoms with van der Waals surface area (Å²) in [5.74, 6) is -0.0845. The molecule has 2 heterocycles. The fourth-order valence-corrected chi connectivity index (χ4v) is 3.86. The van der Waals surface area contributed by atoms with Crippen LogP contribution in [0.15, 0.2) is 77.9 Å². The van der Waals surface area contributed by atoms with E-state index in [-0.39, 0.29) is 22.4 Å². The van der Waals surface area contributed by atoms with E-state index in [0.717, 1.165) is 22.3 Å². The van der Waals surface area contributed by atoms with Crippen LogP contribution < -0.4 is 15.5 Å². The van der Waals surface area contributed by atoms with Crippen molar-refractivity contribution in [1.29, 1.82) is 0 Å². The lowest BCUT2D eigenvalue weighted by molar-refractivity contribution is 0.0988. The Hall–Kier alpha value is -4.13. The highest BCUT2D eigenvalue weighted by Crippen LogP contribution is 2.32. The molecule has 1 aliphatic heterocycles. The van der Waals surface area contributed by atoms with E-state index in [1.807, 2.05) is 18.2 Å². The first-order chi connectivity index (χ1) is 15.8. The minimum atomic E-state index is -0.557. The van der Waals surface area contributed by atoms with Crippen molar-refractivity contribution in [3.8, 4) is 5.75 Å². The Morgan fingerprint density at radius 3 is 2.64 bits per heavy atom. The van der Waals surface area contributed by atoms with Gasteiger partial charge in [-0.3, -0.25) is 9.59 Å². The summed E-state index contributed by atoms with van der Waals surface area (Å²) in [5.41, 5.74) is 3.24. The number of hydrogen-bond acceptors (Lipinski definition) is 5. The summed E-state index contributed by atoms with van der Waals surface area (Å²) in [7, 11) is 1.61. The minimum Gasteiger partial charge on any atom is -0.497 e. The van der Waals surface area contributed by atoms with Crippen LogP contribution in [0.25, 0.3) is 5.70 Å². The van der Waals surface area contributed by atoms with Crippen molar-refractivity contribution in [2.45, 2.75) is 25.8 Å².